The molecule has 0 radical (unpaired) electrons. The van der Waals surface area contributed by atoms with Crippen molar-refractivity contribution in [3.8, 4) is 0 Å². The van der Waals surface area contributed by atoms with Gasteiger partial charge >= 0.3 is 5.97 Å². The first kappa shape index (κ1) is 34.8. The topological polar surface area (TPSA) is 147 Å². The number of ketones is 1. The van der Waals surface area contributed by atoms with Crippen LogP contribution in [0, 0.1) is 5.92 Å². The molecule has 5 N–H and O–H groups in total. The Morgan fingerprint density at radius 3 is 1.65 bits per heavy atom. The number of amides is 2. The van der Waals surface area contributed by atoms with Crippen LogP contribution >= 0.6 is 0 Å². The number of allylic oxidation sites excluding steroid dienone is 2. The van der Waals surface area contributed by atoms with E-state index in [1.54, 1.807) is 6.08 Å². The van der Waals surface area contributed by atoms with E-state index in [2.05, 4.69) is 5.32 Å². The molecule has 8 nitrogen and oxygen atoms in total. The molecule has 2 amide bonds. The third-order valence-corrected chi connectivity index (χ3v) is 6.52. The van der Waals surface area contributed by atoms with Crippen LogP contribution in [0.1, 0.15) is 128 Å². The molecule has 0 aromatic heterocycles. The number of rotatable bonds is 27. The first-order chi connectivity index (χ1) is 17.9. The van der Waals surface area contributed by atoms with Gasteiger partial charge in [0.2, 0.25) is 11.8 Å². The second kappa shape index (κ2) is 25.4. The zero-order chi connectivity index (χ0) is 27.6. The second-order valence-electron chi connectivity index (χ2n) is 10.0. The lowest BCUT2D eigenvalue weighted by Crippen LogP contribution is -2.28. The van der Waals surface area contributed by atoms with Crippen LogP contribution in [0.3, 0.4) is 0 Å². The lowest BCUT2D eigenvalue weighted by molar-refractivity contribution is -0.137. The van der Waals surface area contributed by atoms with Gasteiger partial charge in [-0.3, -0.25) is 19.2 Å². The van der Waals surface area contributed by atoms with E-state index in [1.165, 1.54) is 57.8 Å². The molecule has 0 bridgehead atoms. The smallest absolute Gasteiger partial charge is 0.303 e. The van der Waals surface area contributed by atoms with Crippen LogP contribution in [0.15, 0.2) is 12.2 Å². The van der Waals surface area contributed by atoms with Gasteiger partial charge in [0.15, 0.2) is 0 Å². The van der Waals surface area contributed by atoms with Crippen molar-refractivity contribution in [3.63, 3.8) is 0 Å². The van der Waals surface area contributed by atoms with E-state index in [9.17, 15) is 19.2 Å². The predicted octanol–water partition coefficient (Wildman–Crippen LogP) is 5.21. The highest BCUT2D eigenvalue weighted by atomic mass is 16.4. The number of carboxylic acid groups (broad SMARTS) is 1. The molecule has 8 heteroatoms. The Bertz CT molecular complexity index is 650. The number of hydrogen-bond donors (Lipinski definition) is 4. The van der Waals surface area contributed by atoms with Crippen LogP contribution in [0.5, 0.6) is 0 Å². The lowest BCUT2D eigenvalue weighted by Gasteiger charge is -2.07. The number of hydrogen-bond acceptors (Lipinski definition) is 5. The Balaban J connectivity index is 3.39. The summed E-state index contributed by atoms with van der Waals surface area (Å²) in [6, 6.07) is 0. The first-order valence-corrected chi connectivity index (χ1v) is 14.4. The number of aliphatic hydroxyl groups is 1. The fourth-order valence-corrected chi connectivity index (χ4v) is 4.17. The van der Waals surface area contributed by atoms with Crippen LogP contribution in [-0.4, -0.2) is 46.9 Å². The van der Waals surface area contributed by atoms with Crippen LogP contribution in [0.4, 0.5) is 0 Å². The maximum absolute atomic E-state index is 11.9. The van der Waals surface area contributed by atoms with Crippen molar-refractivity contribution in [3.05, 3.63) is 12.2 Å². The number of nitrogens with one attached hydrogen (secondary N) is 1. The number of aliphatic carboxylic acids is 1. The van der Waals surface area contributed by atoms with Gasteiger partial charge in [0.1, 0.15) is 5.78 Å². The van der Waals surface area contributed by atoms with E-state index >= 15 is 0 Å². The fourth-order valence-electron chi connectivity index (χ4n) is 4.17. The molecule has 0 aliphatic rings. The Labute approximate surface area is 223 Å². The number of unbranched alkanes of at least 4 members (excludes halogenated alkanes) is 14. The van der Waals surface area contributed by atoms with Crippen molar-refractivity contribution >= 4 is 23.6 Å². The van der Waals surface area contributed by atoms with Gasteiger partial charge in [-0.05, 0) is 25.7 Å². The van der Waals surface area contributed by atoms with Gasteiger partial charge in [0.05, 0.1) is 12.5 Å². The van der Waals surface area contributed by atoms with Gasteiger partial charge in [-0.15, -0.1) is 0 Å². The molecule has 37 heavy (non-hydrogen) atoms. The average molecular weight is 525 g/mol. The van der Waals surface area contributed by atoms with E-state index in [4.69, 9.17) is 15.9 Å². The minimum atomic E-state index is -0.808. The van der Waals surface area contributed by atoms with Gasteiger partial charge in [-0.25, -0.2) is 0 Å². The second-order valence-corrected chi connectivity index (χ2v) is 10.0. The number of primary amides is 1. The van der Waals surface area contributed by atoms with Crippen LogP contribution in [-0.2, 0) is 19.2 Å². The largest absolute Gasteiger partial charge is 0.481 e. The first-order valence-electron chi connectivity index (χ1n) is 14.4. The maximum atomic E-state index is 11.9. The minimum Gasteiger partial charge on any atom is -0.481 e. The molecular weight excluding hydrogens is 472 g/mol. The van der Waals surface area contributed by atoms with Gasteiger partial charge < -0.3 is 21.3 Å². The molecule has 0 spiro atoms. The predicted molar refractivity (Wildman–Crippen MR) is 147 cm³/mol. The molecule has 0 aromatic carbocycles. The molecule has 0 fully saturated rings. The molecular formula is C29H52N2O6. The molecule has 1 atom stereocenters. The highest BCUT2D eigenvalue weighted by Gasteiger charge is 2.17. The number of Topliss-reactive ketones (excluding diaryl/α,β-unsaturated/α-hetero) is 1. The summed E-state index contributed by atoms with van der Waals surface area (Å²) in [5.41, 5.74) is 5.11. The molecule has 214 valence electrons. The zero-order valence-corrected chi connectivity index (χ0v) is 22.9. The Morgan fingerprint density at radius 2 is 1.19 bits per heavy atom. The van der Waals surface area contributed by atoms with Crippen molar-refractivity contribution in [2.45, 2.75) is 128 Å². The Morgan fingerprint density at radius 1 is 0.703 bits per heavy atom. The van der Waals surface area contributed by atoms with Gasteiger partial charge in [-0.2, -0.15) is 0 Å². The van der Waals surface area contributed by atoms with Gasteiger partial charge in [0, 0.05) is 32.2 Å². The number of carboxylic acids is 1. The normalized spacial score (nSPS) is 12.0. The van der Waals surface area contributed by atoms with E-state index in [0.29, 0.717) is 19.4 Å². The third-order valence-electron chi connectivity index (χ3n) is 6.52. The van der Waals surface area contributed by atoms with Crippen LogP contribution in [0.2, 0.25) is 0 Å². The van der Waals surface area contributed by atoms with Crippen molar-refractivity contribution < 1.29 is 29.4 Å². The summed E-state index contributed by atoms with van der Waals surface area (Å²) >= 11 is 0. The summed E-state index contributed by atoms with van der Waals surface area (Å²) in [5, 5.41) is 20.6. The maximum Gasteiger partial charge on any atom is 0.303 e. The molecule has 0 aliphatic heterocycles. The molecule has 0 unspecified atom stereocenters. The monoisotopic (exact) mass is 524 g/mol. The quantitative estimate of drug-likeness (QED) is 0.0857. The Hall–Kier alpha value is -2.22. The van der Waals surface area contributed by atoms with Crippen LogP contribution < -0.4 is 11.1 Å². The minimum absolute atomic E-state index is 0.0346. The van der Waals surface area contributed by atoms with Gasteiger partial charge in [-0.1, -0.05) is 89.2 Å². The standard InChI is InChI=1S/C29H52N2O6/c30-29(37)25(24-32)23-26(33)19-15-13-14-18-22-31-27(34)20-16-11-9-7-5-3-1-2-4-6-8-10-12-17-21-28(35)36/h13,15,25,32H,1-12,14,16-24H2,(H2,30,37)(H,31,34)(H,35,36)/t25-/m0/s1. The summed E-state index contributed by atoms with van der Waals surface area (Å²) < 4.78 is 0. The van der Waals surface area contributed by atoms with Crippen molar-refractivity contribution in [2.24, 2.45) is 11.7 Å². The summed E-state index contributed by atoms with van der Waals surface area (Å²) in [6.07, 6.45) is 22.7. The number of nitrogens with two attached hydrogens (primary N) is 1. The van der Waals surface area contributed by atoms with E-state index in [0.717, 1.165) is 44.9 Å². The fraction of sp³-hybridized carbons (Fsp3) is 0.793. The number of aliphatic hydroxyl groups excluding tert-OH is 1. The summed E-state index contributed by atoms with van der Waals surface area (Å²) in [6.45, 7) is 0.211. The van der Waals surface area contributed by atoms with E-state index in [1.807, 2.05) is 6.08 Å². The molecule has 0 saturated heterocycles. The van der Waals surface area contributed by atoms with Crippen LogP contribution in [0.25, 0.3) is 0 Å². The van der Waals surface area contributed by atoms with E-state index < -0.39 is 24.4 Å². The zero-order valence-electron chi connectivity index (χ0n) is 22.9. The molecule has 0 rings (SSSR count). The van der Waals surface area contributed by atoms with Crippen molar-refractivity contribution in [2.75, 3.05) is 13.2 Å². The number of carbonyl (C=O) groups is 4. The summed E-state index contributed by atoms with van der Waals surface area (Å²) in [7, 11) is 0. The Kier molecular flexibility index (Phi) is 23.9. The van der Waals surface area contributed by atoms with Crippen molar-refractivity contribution in [1.82, 2.24) is 5.32 Å². The highest BCUT2D eigenvalue weighted by Crippen LogP contribution is 2.14. The summed E-state index contributed by atoms with van der Waals surface area (Å²) in [5.74, 6) is -2.18. The SMILES string of the molecule is NC(=O)[C@H](CO)CC(=O)CC=CCCCNC(=O)CCCCCCCCCCCCCCCCC(=O)O. The van der Waals surface area contributed by atoms with E-state index in [-0.39, 0.29) is 24.5 Å². The summed E-state index contributed by atoms with van der Waals surface area (Å²) in [4.78, 5) is 45.1. The molecule has 0 aliphatic carbocycles. The third kappa shape index (κ3) is 25.2. The highest BCUT2D eigenvalue weighted by molar-refractivity contribution is 5.86. The lowest BCUT2D eigenvalue weighted by atomic mass is 10.0. The molecule has 0 saturated carbocycles. The average Bonchev–Trinajstić information content (AvgIpc) is 2.86. The van der Waals surface area contributed by atoms with Crippen molar-refractivity contribution in [1.29, 1.82) is 0 Å². The molecule has 0 aromatic rings. The van der Waals surface area contributed by atoms with Gasteiger partial charge in [0.25, 0.3) is 0 Å². The number of carbonyl (C=O) groups excluding carboxylic acids is 3. The molecule has 0 heterocycles.